The number of ether oxygens (including phenoxy) is 14. The molecule has 6 aliphatic heterocycles. The summed E-state index contributed by atoms with van der Waals surface area (Å²) < 4.78 is 80.1. The molecule has 702 valence electrons. The van der Waals surface area contributed by atoms with Crippen LogP contribution in [0.2, 0.25) is 0 Å². The van der Waals surface area contributed by atoms with Crippen molar-refractivity contribution in [1.29, 1.82) is 0 Å². The topological polar surface area (TPSA) is 883 Å². The van der Waals surface area contributed by atoms with E-state index in [0.717, 1.165) is 0 Å². The van der Waals surface area contributed by atoms with E-state index in [1.54, 1.807) is 0 Å². The number of aromatic hydroxyl groups is 25. The molecule has 135 heavy (non-hydrogen) atoms. The van der Waals surface area contributed by atoms with Gasteiger partial charge in [0.25, 0.3) is 11.6 Å². The first-order valence-electron chi connectivity index (χ1n) is 37.6. The fourth-order valence-corrected chi connectivity index (χ4v) is 15.4. The maximum Gasteiger partial charge on any atom is 0.344 e. The van der Waals surface area contributed by atoms with Crippen LogP contribution in [0.4, 0.5) is 0 Å². The van der Waals surface area contributed by atoms with Crippen LogP contribution < -0.4 is 9.47 Å². The number of phenolic OH excluding ortho intramolecular Hbond substituents is 25. The van der Waals surface area contributed by atoms with Gasteiger partial charge in [0.15, 0.2) is 145 Å². The Hall–Kier alpha value is -18.5. The second kappa shape index (κ2) is 32.0. The Morgan fingerprint density at radius 1 is 0.326 bits per heavy atom. The van der Waals surface area contributed by atoms with Crippen molar-refractivity contribution in [1.82, 2.24) is 0 Å². The van der Waals surface area contributed by atoms with Gasteiger partial charge in [0, 0.05) is 39.9 Å². The number of rotatable bonds is 10. The molecule has 4 bridgehead atoms. The zero-order valence-electron chi connectivity index (χ0n) is 66.0. The zero-order valence-corrected chi connectivity index (χ0v) is 66.0. The second-order valence-electron chi connectivity index (χ2n) is 29.9. The molecule has 1 aliphatic carbocycles. The molecule has 0 saturated carbocycles. The van der Waals surface area contributed by atoms with Crippen molar-refractivity contribution in [3.05, 3.63) is 140 Å². The minimum absolute atomic E-state index is 0.0651. The average Bonchev–Trinajstić information content (AvgIpc) is 1.53. The van der Waals surface area contributed by atoms with Gasteiger partial charge in [-0.25, -0.2) is 47.9 Å². The maximum atomic E-state index is 15.5. The number of aliphatic hydroxyl groups is 3. The predicted octanol–water partition coefficient (Wildman–Crippen LogP) is 0.965. The average molecular weight is 1890 g/mol. The van der Waals surface area contributed by atoms with E-state index in [1.165, 1.54) is 0 Å². The number of ketones is 1. The van der Waals surface area contributed by atoms with Gasteiger partial charge in [0.1, 0.15) is 31.0 Å². The third-order valence-corrected chi connectivity index (χ3v) is 21.9. The molecule has 0 amide bonds. The number of fused-ring (bicyclic) bond motifs is 7. The molecule has 28 N–H and O–H groups in total. The Bertz CT molecular complexity index is 6790. The normalized spacial score (nSPS) is 22.5. The molecule has 9 aromatic rings. The summed E-state index contributed by atoms with van der Waals surface area (Å²) in [5.74, 6) is -76.2. The van der Waals surface area contributed by atoms with Crippen molar-refractivity contribution < 1.29 is 262 Å². The van der Waals surface area contributed by atoms with E-state index in [2.05, 4.69) is 0 Å². The van der Waals surface area contributed by atoms with E-state index in [4.69, 9.17) is 66.3 Å². The Morgan fingerprint density at radius 2 is 0.681 bits per heavy atom. The molecule has 0 aromatic heterocycles. The van der Waals surface area contributed by atoms with Gasteiger partial charge in [-0.1, -0.05) is 0 Å². The lowest BCUT2D eigenvalue weighted by Crippen LogP contribution is -2.66. The van der Waals surface area contributed by atoms with Crippen molar-refractivity contribution in [3.8, 4) is 183 Å². The number of carbonyl (C=O) groups excluding carboxylic acids is 11. The molecular weight excluding hydrogens is 1830 g/mol. The lowest BCUT2D eigenvalue weighted by atomic mass is 9.74. The lowest BCUT2D eigenvalue weighted by Gasteiger charge is -2.44. The molecule has 0 radical (unpaired) electrons. The Kier molecular flexibility index (Phi) is 21.3. The fourth-order valence-electron chi connectivity index (χ4n) is 15.4. The highest BCUT2D eigenvalue weighted by Crippen LogP contribution is 2.62. The number of cyclic esters (lactones) is 2. The molecule has 2 fully saturated rings. The summed E-state index contributed by atoms with van der Waals surface area (Å²) in [5.41, 5.74) is -19.6. The molecular formula is C82H56O53. The largest absolute Gasteiger partial charge is 0.504 e. The summed E-state index contributed by atoms with van der Waals surface area (Å²) in [6.07, 6.45) is -28.6. The molecule has 6 heterocycles. The van der Waals surface area contributed by atoms with Crippen LogP contribution in [0.1, 0.15) is 105 Å². The number of carbonyl (C=O) groups is 11. The molecule has 16 rings (SSSR count). The summed E-state index contributed by atoms with van der Waals surface area (Å²) in [5, 5.41) is 310. The third kappa shape index (κ3) is 14.4. The van der Waals surface area contributed by atoms with Gasteiger partial charge >= 0.3 is 59.7 Å². The van der Waals surface area contributed by atoms with E-state index >= 15 is 28.8 Å². The Balaban J connectivity index is 0.832. The highest BCUT2D eigenvalue weighted by atomic mass is 16.8. The molecule has 0 spiro atoms. The fraction of sp³-hybridized carbons (Fsp3) is 0.183. The highest BCUT2D eigenvalue weighted by Gasteiger charge is 2.71. The number of benzene rings is 9. The summed E-state index contributed by atoms with van der Waals surface area (Å²) in [6.45, 7) is -3.32. The van der Waals surface area contributed by atoms with Gasteiger partial charge in [-0.15, -0.1) is 0 Å². The first-order chi connectivity index (χ1) is 63.4. The van der Waals surface area contributed by atoms with Gasteiger partial charge in [0.05, 0.1) is 56.0 Å². The predicted molar refractivity (Wildman–Crippen MR) is 411 cm³/mol. The summed E-state index contributed by atoms with van der Waals surface area (Å²) in [7, 11) is 0. The minimum Gasteiger partial charge on any atom is -0.504 e. The van der Waals surface area contributed by atoms with Crippen molar-refractivity contribution >= 4 is 65.5 Å². The number of hydrogen-bond acceptors (Lipinski definition) is 53. The first kappa shape index (κ1) is 89.9. The van der Waals surface area contributed by atoms with E-state index in [0.29, 0.717) is 48.5 Å². The molecule has 53 nitrogen and oxygen atoms in total. The number of esters is 10. The smallest absolute Gasteiger partial charge is 0.344 e. The van der Waals surface area contributed by atoms with Gasteiger partial charge in [-0.2, -0.15) is 0 Å². The molecule has 7 aliphatic rings. The van der Waals surface area contributed by atoms with Crippen LogP contribution in [0, 0.1) is 0 Å². The van der Waals surface area contributed by atoms with Gasteiger partial charge in [-0.3, -0.25) is 4.79 Å². The lowest BCUT2D eigenvalue weighted by molar-refractivity contribution is -0.323. The van der Waals surface area contributed by atoms with Crippen LogP contribution in [0.3, 0.4) is 0 Å². The van der Waals surface area contributed by atoms with Crippen molar-refractivity contribution in [2.75, 3.05) is 13.2 Å². The molecule has 9 aromatic carbocycles. The van der Waals surface area contributed by atoms with E-state index in [9.17, 15) is 167 Å². The molecule has 53 heteroatoms. The molecule has 12 atom stereocenters. The standard InChI is InChI=1S/C82H56O53/c83-26-1-16(2-27(84)47(26)95)69(109)129-65-62-38(14-122-72(112)19-7-32(89)50(98)56(104)41(19)42-20(74(114)127-62)8-33(90)51(99)57(42)105)126-80(67(65)131-70(110)17-3-28(85)48(96)29(86)4-17)134-78(118)25-11-35(92)53(101)60(108)61(25)124-37-12-23-44(59(107)55(37)103)43-21(9-34(91)52(100)58(43)106)75(115)130-66-63-39(15-123-73(23)113)125-79(133-71(111)18-5-30(87)49(97)31(88)6-18)68(66)132-76(116)22-10-36(93)54(102)64-45(22)46-24(77(117)128-63)13-40(94)81(119,120)82(46,121)135-64/h1-13,38-39,46,62-63,65-68,79-80,83-93,95-108,119-121H,14-15H2/t38-,39-,46?,62-,63-,65+,66-,67-,68+,79-,80+,82?/m1/s1. The summed E-state index contributed by atoms with van der Waals surface area (Å²) in [6, 6.07) is 3.51. The Morgan fingerprint density at radius 3 is 1.16 bits per heavy atom. The van der Waals surface area contributed by atoms with Crippen molar-refractivity contribution in [3.63, 3.8) is 0 Å². The van der Waals surface area contributed by atoms with Crippen molar-refractivity contribution in [2.24, 2.45) is 0 Å². The molecule has 2 saturated heterocycles. The summed E-state index contributed by atoms with van der Waals surface area (Å²) >= 11 is 0. The van der Waals surface area contributed by atoms with Crippen molar-refractivity contribution in [2.45, 2.75) is 78.9 Å². The van der Waals surface area contributed by atoms with Gasteiger partial charge in [0.2, 0.25) is 70.8 Å². The summed E-state index contributed by atoms with van der Waals surface area (Å²) in [4.78, 5) is 164. The van der Waals surface area contributed by atoms with E-state index in [1.807, 2.05) is 0 Å². The van der Waals surface area contributed by atoms with Crippen LogP contribution in [-0.2, 0) is 66.4 Å². The van der Waals surface area contributed by atoms with Gasteiger partial charge in [-0.05, 0) is 66.7 Å². The third-order valence-electron chi connectivity index (χ3n) is 21.9. The highest BCUT2D eigenvalue weighted by molar-refractivity contribution is 6.12. The quantitative estimate of drug-likeness (QED) is 0.0392. The zero-order chi connectivity index (χ0) is 98.0. The van der Waals surface area contributed by atoms with Gasteiger partial charge < -0.3 is 209 Å². The first-order valence-corrected chi connectivity index (χ1v) is 37.6. The Labute approximate surface area is 740 Å². The molecule has 2 unspecified atom stereocenters. The maximum absolute atomic E-state index is 15.5. The SMILES string of the molecule is O=C1O[C@H]2[C@H]3OC(=O)c4cc(O)c(O)c(O)c4-c4c(cc(Oc5c(C(=O)O[C@@H]6O[C@@H]7COC(=O)c8cc(O)c(O)c(O)c8-c8c(cc(O)c(O)c8O)C(=O)O[C@H]7[C@H](OC(=O)c7cc(O)c(O)c(O)c7)[C@H]6OC(=O)c6cc(O)c(O)c(O)c6)cc(O)c(O)c5O)c(O)c4O)C(=O)OC[C@H]2O[C@H](OC(=O)c2cc(O)c(O)c(O)c2)[C@H]3OC(=O)c2cc(O)c(O)c3c2C2C1=CC(=O)C(O)(O)C2(O)O3. The van der Waals surface area contributed by atoms with E-state index < -0.39 is 402 Å². The number of hydrogen-bond donors (Lipinski definition) is 28. The number of phenols is 25. The van der Waals surface area contributed by atoms with Crippen LogP contribution in [0.5, 0.6) is 161 Å². The van der Waals surface area contributed by atoms with Crippen LogP contribution in [0.25, 0.3) is 22.3 Å². The van der Waals surface area contributed by atoms with Crippen LogP contribution >= 0.6 is 0 Å². The monoisotopic (exact) mass is 1890 g/mol. The van der Waals surface area contributed by atoms with Crippen LogP contribution in [0.15, 0.2) is 84.4 Å². The second-order valence-corrected chi connectivity index (χ2v) is 29.9. The van der Waals surface area contributed by atoms with Crippen LogP contribution in [-0.4, -0.2) is 295 Å². The minimum atomic E-state index is -4.23. The van der Waals surface area contributed by atoms with E-state index in [-0.39, 0.29) is 30.3 Å².